The van der Waals surface area contributed by atoms with E-state index in [0.717, 1.165) is 33.5 Å². The number of benzene rings is 1. The molecule has 0 aliphatic carbocycles. The molecule has 5 aromatic rings. The molecule has 8 nitrogen and oxygen atoms in total. The Morgan fingerprint density at radius 2 is 1.90 bits per heavy atom. The van der Waals surface area contributed by atoms with Crippen molar-refractivity contribution in [2.45, 2.75) is 13.0 Å². The van der Waals surface area contributed by atoms with Gasteiger partial charge >= 0.3 is 0 Å². The van der Waals surface area contributed by atoms with E-state index in [4.69, 9.17) is 4.98 Å². The van der Waals surface area contributed by atoms with Crippen molar-refractivity contribution < 1.29 is 0 Å². The molecule has 1 N–H and O–H groups in total. The maximum absolute atomic E-state index is 4.75. The lowest BCUT2D eigenvalue weighted by Gasteiger charge is -2.05. The second kappa shape index (κ2) is 7.23. The monoisotopic (exact) mass is 382 g/mol. The Kier molecular flexibility index (Phi) is 4.28. The molecule has 4 aromatic heterocycles. The molecule has 0 fully saturated rings. The van der Waals surface area contributed by atoms with Crippen molar-refractivity contribution in [3.05, 3.63) is 77.9 Å². The van der Waals surface area contributed by atoms with Gasteiger partial charge in [0.2, 0.25) is 5.65 Å². The lowest BCUT2D eigenvalue weighted by atomic mass is 10.1. The lowest BCUT2D eigenvalue weighted by molar-refractivity contribution is 0.663. The van der Waals surface area contributed by atoms with Crippen LogP contribution in [0.15, 0.2) is 61.1 Å². The third-order valence-electron chi connectivity index (χ3n) is 4.74. The first-order valence-corrected chi connectivity index (χ1v) is 9.30. The van der Waals surface area contributed by atoms with Crippen molar-refractivity contribution in [2.24, 2.45) is 0 Å². The Labute approximate surface area is 166 Å². The highest BCUT2D eigenvalue weighted by Crippen LogP contribution is 2.16. The number of aromatic nitrogens is 7. The molecule has 8 heteroatoms. The Balaban J connectivity index is 1.43. The van der Waals surface area contributed by atoms with Crippen LogP contribution in [0, 0.1) is 0 Å². The molecule has 0 spiro atoms. The molecule has 1 aromatic carbocycles. The molecule has 0 saturated heterocycles. The second-order valence-electron chi connectivity index (χ2n) is 6.76. The standard InChI is InChI=1S/C21H18N8/c1-22-19-7-5-14(11-24-19)10-17-12-25-20-21(26-17)29(28-27-20)13-15-4-6-18-16(9-15)3-2-8-23-18/h2-9,11-12H,10,13H2,1H3,(H,22,24). The van der Waals surface area contributed by atoms with Crippen LogP contribution in [0.25, 0.3) is 22.2 Å². The van der Waals surface area contributed by atoms with E-state index in [0.29, 0.717) is 24.3 Å². The molecular formula is C21H18N8. The van der Waals surface area contributed by atoms with Gasteiger partial charge in [0.15, 0.2) is 5.65 Å². The summed E-state index contributed by atoms with van der Waals surface area (Å²) in [5.74, 6) is 0.836. The van der Waals surface area contributed by atoms with E-state index in [1.807, 2.05) is 37.5 Å². The third kappa shape index (κ3) is 3.47. The van der Waals surface area contributed by atoms with Crippen molar-refractivity contribution >= 4 is 28.0 Å². The SMILES string of the molecule is CNc1ccc(Cc2cnc3nnn(Cc4ccc5ncccc5c4)c3n2)cn1. The van der Waals surface area contributed by atoms with Gasteiger partial charge in [-0.15, -0.1) is 5.10 Å². The zero-order valence-corrected chi connectivity index (χ0v) is 15.8. The molecule has 0 unspecified atom stereocenters. The third-order valence-corrected chi connectivity index (χ3v) is 4.74. The summed E-state index contributed by atoms with van der Waals surface area (Å²) < 4.78 is 1.78. The summed E-state index contributed by atoms with van der Waals surface area (Å²) in [5.41, 5.74) is 5.21. The van der Waals surface area contributed by atoms with Gasteiger partial charge in [0, 0.05) is 31.2 Å². The minimum atomic E-state index is 0.542. The number of nitrogens with zero attached hydrogens (tertiary/aromatic N) is 7. The van der Waals surface area contributed by atoms with Gasteiger partial charge in [0.1, 0.15) is 5.82 Å². The molecule has 0 saturated carbocycles. The molecule has 0 aliphatic rings. The Hall–Kier alpha value is -3.94. The van der Waals surface area contributed by atoms with E-state index in [2.05, 4.69) is 48.8 Å². The first kappa shape index (κ1) is 17.2. The number of fused-ring (bicyclic) bond motifs is 2. The van der Waals surface area contributed by atoms with Crippen LogP contribution in [0.1, 0.15) is 16.8 Å². The maximum Gasteiger partial charge on any atom is 0.221 e. The number of rotatable bonds is 5. The van der Waals surface area contributed by atoms with Crippen molar-refractivity contribution in [1.82, 2.24) is 34.9 Å². The molecule has 29 heavy (non-hydrogen) atoms. The second-order valence-corrected chi connectivity index (χ2v) is 6.76. The van der Waals surface area contributed by atoms with Crippen LogP contribution in [0.3, 0.4) is 0 Å². The van der Waals surface area contributed by atoms with Crippen LogP contribution in [0.5, 0.6) is 0 Å². The van der Waals surface area contributed by atoms with E-state index in [1.165, 1.54) is 0 Å². The van der Waals surface area contributed by atoms with Crippen molar-refractivity contribution in [3.8, 4) is 0 Å². The highest BCUT2D eigenvalue weighted by atomic mass is 15.4. The highest BCUT2D eigenvalue weighted by Gasteiger charge is 2.10. The Morgan fingerprint density at radius 3 is 2.76 bits per heavy atom. The quantitative estimate of drug-likeness (QED) is 0.499. The summed E-state index contributed by atoms with van der Waals surface area (Å²) in [6.07, 6.45) is 6.03. The molecule has 0 amide bonds. The number of pyridine rings is 2. The zero-order valence-electron chi connectivity index (χ0n) is 15.8. The van der Waals surface area contributed by atoms with Crippen LogP contribution < -0.4 is 5.32 Å². The van der Waals surface area contributed by atoms with E-state index in [1.54, 1.807) is 17.1 Å². The van der Waals surface area contributed by atoms with E-state index in [-0.39, 0.29) is 0 Å². The number of nitrogens with one attached hydrogen (secondary N) is 1. The van der Waals surface area contributed by atoms with E-state index in [9.17, 15) is 0 Å². The average Bonchev–Trinajstić information content (AvgIpc) is 3.16. The van der Waals surface area contributed by atoms with Crippen LogP contribution in [-0.2, 0) is 13.0 Å². The van der Waals surface area contributed by atoms with Gasteiger partial charge in [-0.3, -0.25) is 4.98 Å². The first-order valence-electron chi connectivity index (χ1n) is 9.30. The molecule has 5 rings (SSSR count). The summed E-state index contributed by atoms with van der Waals surface area (Å²) in [6.45, 7) is 0.567. The summed E-state index contributed by atoms with van der Waals surface area (Å²) in [4.78, 5) is 17.9. The van der Waals surface area contributed by atoms with Gasteiger partial charge in [-0.05, 0) is 35.4 Å². The number of anilines is 1. The summed E-state index contributed by atoms with van der Waals surface area (Å²) >= 11 is 0. The van der Waals surface area contributed by atoms with E-state index >= 15 is 0 Å². The van der Waals surface area contributed by atoms with E-state index < -0.39 is 0 Å². The van der Waals surface area contributed by atoms with Crippen LogP contribution in [0.2, 0.25) is 0 Å². The smallest absolute Gasteiger partial charge is 0.221 e. The van der Waals surface area contributed by atoms with Gasteiger partial charge in [-0.2, -0.15) is 0 Å². The molecule has 0 atom stereocenters. The van der Waals surface area contributed by atoms with Gasteiger partial charge in [-0.25, -0.2) is 19.6 Å². The number of hydrogen-bond acceptors (Lipinski definition) is 7. The number of hydrogen-bond donors (Lipinski definition) is 1. The molecule has 0 aliphatic heterocycles. The average molecular weight is 382 g/mol. The zero-order chi connectivity index (χ0) is 19.6. The normalized spacial score (nSPS) is 11.2. The predicted octanol–water partition coefficient (Wildman–Crippen LogP) is 2.85. The Bertz CT molecular complexity index is 1290. The Morgan fingerprint density at radius 1 is 0.966 bits per heavy atom. The van der Waals surface area contributed by atoms with Gasteiger partial charge < -0.3 is 5.32 Å². The van der Waals surface area contributed by atoms with Crippen molar-refractivity contribution in [3.63, 3.8) is 0 Å². The molecule has 142 valence electrons. The molecule has 4 heterocycles. The fraction of sp³-hybridized carbons (Fsp3) is 0.143. The van der Waals surface area contributed by atoms with Crippen LogP contribution in [-0.4, -0.2) is 42.0 Å². The topological polar surface area (TPSA) is 94.3 Å². The maximum atomic E-state index is 4.75. The molecule has 0 bridgehead atoms. The summed E-state index contributed by atoms with van der Waals surface area (Å²) in [7, 11) is 1.85. The minimum Gasteiger partial charge on any atom is -0.373 e. The lowest BCUT2D eigenvalue weighted by Crippen LogP contribution is -2.04. The van der Waals surface area contributed by atoms with Crippen LogP contribution >= 0.6 is 0 Å². The molecular weight excluding hydrogens is 364 g/mol. The van der Waals surface area contributed by atoms with Crippen LogP contribution in [0.4, 0.5) is 5.82 Å². The fourth-order valence-corrected chi connectivity index (χ4v) is 3.26. The first-order chi connectivity index (χ1) is 14.3. The summed E-state index contributed by atoms with van der Waals surface area (Å²) in [6, 6.07) is 14.1. The van der Waals surface area contributed by atoms with Gasteiger partial charge in [0.25, 0.3) is 0 Å². The largest absolute Gasteiger partial charge is 0.373 e. The minimum absolute atomic E-state index is 0.542. The van der Waals surface area contributed by atoms with Crippen molar-refractivity contribution in [2.75, 3.05) is 12.4 Å². The fourth-order valence-electron chi connectivity index (χ4n) is 3.26. The molecule has 0 radical (unpaired) electrons. The van der Waals surface area contributed by atoms with Crippen molar-refractivity contribution in [1.29, 1.82) is 0 Å². The highest BCUT2D eigenvalue weighted by molar-refractivity contribution is 5.79. The predicted molar refractivity (Wildman–Crippen MR) is 111 cm³/mol. The summed E-state index contributed by atoms with van der Waals surface area (Å²) in [5, 5.41) is 12.5. The van der Waals surface area contributed by atoms with Gasteiger partial charge in [0.05, 0.1) is 24.0 Å². The van der Waals surface area contributed by atoms with Gasteiger partial charge in [-0.1, -0.05) is 23.4 Å².